The average Bonchev–Trinajstić information content (AvgIpc) is 2.34. The van der Waals surface area contributed by atoms with Gasteiger partial charge in [0.05, 0.1) is 0 Å². The van der Waals surface area contributed by atoms with Crippen LogP contribution in [0.5, 0.6) is 0 Å². The second kappa shape index (κ2) is 4.22. The number of aromatic nitrogens is 2. The number of pyridine rings is 1. The number of nitrogens with one attached hydrogen (secondary N) is 1. The minimum absolute atomic E-state index is 0.0957. The summed E-state index contributed by atoms with van der Waals surface area (Å²) in [6.45, 7) is 1.88. The fourth-order valence-corrected chi connectivity index (χ4v) is 1.59. The molecule has 5 N–H and O–H groups in total. The number of hydrazine groups is 1. The van der Waals surface area contributed by atoms with Crippen molar-refractivity contribution in [1.82, 2.24) is 14.8 Å². The maximum absolute atomic E-state index is 12.1. The van der Waals surface area contributed by atoms with Crippen LogP contribution in [0.3, 0.4) is 0 Å². The fourth-order valence-electron chi connectivity index (χ4n) is 1.59. The van der Waals surface area contributed by atoms with Gasteiger partial charge in [-0.05, 0) is 18.6 Å². The zero-order chi connectivity index (χ0) is 12.4. The Morgan fingerprint density at radius 1 is 1.59 bits per heavy atom. The molecule has 0 radical (unpaired) electrons. The molecular formula is C10H12N6O. The Balaban J connectivity index is 2.80. The van der Waals surface area contributed by atoms with E-state index in [-0.39, 0.29) is 17.0 Å². The minimum Gasteiger partial charge on any atom is -0.321 e. The summed E-state index contributed by atoms with van der Waals surface area (Å²) < 4.78 is 1.42. The van der Waals surface area contributed by atoms with E-state index in [0.29, 0.717) is 5.65 Å². The van der Waals surface area contributed by atoms with Gasteiger partial charge >= 0.3 is 0 Å². The number of rotatable bonds is 1. The van der Waals surface area contributed by atoms with Gasteiger partial charge in [0, 0.05) is 12.4 Å². The Hall–Kier alpha value is -2.41. The number of fused-ring (bicyclic) bond motifs is 1. The van der Waals surface area contributed by atoms with E-state index >= 15 is 0 Å². The van der Waals surface area contributed by atoms with E-state index in [4.69, 9.17) is 11.7 Å². The lowest BCUT2D eigenvalue weighted by molar-refractivity contribution is 0.972. The van der Waals surface area contributed by atoms with Gasteiger partial charge in [-0.15, -0.1) is 0 Å². The van der Waals surface area contributed by atoms with Crippen LogP contribution < -0.4 is 22.7 Å². The topological polar surface area (TPSA) is 111 Å². The zero-order valence-electron chi connectivity index (χ0n) is 9.21. The van der Waals surface area contributed by atoms with Crippen molar-refractivity contribution in [3.05, 3.63) is 46.0 Å². The molecule has 7 nitrogen and oxygen atoms in total. The van der Waals surface area contributed by atoms with E-state index in [0.717, 1.165) is 5.56 Å². The van der Waals surface area contributed by atoms with E-state index in [1.165, 1.54) is 10.6 Å². The maximum atomic E-state index is 12.1. The molecule has 2 aromatic heterocycles. The van der Waals surface area contributed by atoms with Gasteiger partial charge in [-0.25, -0.2) is 10.8 Å². The Bertz CT molecular complexity index is 645. The van der Waals surface area contributed by atoms with Crippen molar-refractivity contribution in [1.29, 1.82) is 0 Å². The number of hydrogen-bond donors (Lipinski definition) is 3. The smallest absolute Gasteiger partial charge is 0.268 e. The predicted octanol–water partition coefficient (Wildman–Crippen LogP) is -0.913. The Morgan fingerprint density at radius 2 is 2.35 bits per heavy atom. The first-order valence-corrected chi connectivity index (χ1v) is 4.91. The van der Waals surface area contributed by atoms with E-state index in [1.807, 2.05) is 13.0 Å². The lowest BCUT2D eigenvalue weighted by atomic mass is 10.2. The average molecular weight is 232 g/mol. The van der Waals surface area contributed by atoms with Crippen molar-refractivity contribution in [2.75, 3.05) is 0 Å². The van der Waals surface area contributed by atoms with Crippen molar-refractivity contribution in [3.63, 3.8) is 0 Å². The molecule has 0 aromatic carbocycles. The van der Waals surface area contributed by atoms with Crippen LogP contribution in [0, 0.1) is 6.92 Å². The molecule has 88 valence electrons. The highest BCUT2D eigenvalue weighted by atomic mass is 16.1. The summed E-state index contributed by atoms with van der Waals surface area (Å²) in [6.07, 6.45) is 3.03. The third-order valence-electron chi connectivity index (χ3n) is 2.45. The number of hydrazone groups is 1. The third kappa shape index (κ3) is 1.72. The van der Waals surface area contributed by atoms with Crippen LogP contribution in [0.1, 0.15) is 11.1 Å². The number of amidine groups is 1. The van der Waals surface area contributed by atoms with Gasteiger partial charge in [-0.3, -0.25) is 9.20 Å². The molecule has 0 aliphatic carbocycles. The van der Waals surface area contributed by atoms with E-state index in [2.05, 4.69) is 15.5 Å². The highest BCUT2D eigenvalue weighted by molar-refractivity contribution is 5.97. The van der Waals surface area contributed by atoms with Gasteiger partial charge in [-0.2, -0.15) is 5.10 Å². The van der Waals surface area contributed by atoms with Crippen molar-refractivity contribution in [2.24, 2.45) is 16.8 Å². The minimum atomic E-state index is -0.277. The Morgan fingerprint density at radius 3 is 3.00 bits per heavy atom. The van der Waals surface area contributed by atoms with Gasteiger partial charge in [0.2, 0.25) is 0 Å². The van der Waals surface area contributed by atoms with Crippen molar-refractivity contribution in [2.45, 2.75) is 6.92 Å². The van der Waals surface area contributed by atoms with Crippen molar-refractivity contribution in [3.8, 4) is 0 Å². The molecule has 0 saturated heterocycles. The quantitative estimate of drug-likeness (QED) is 0.255. The molecule has 0 amide bonds. The zero-order valence-corrected chi connectivity index (χ0v) is 9.21. The van der Waals surface area contributed by atoms with Crippen LogP contribution in [0.2, 0.25) is 0 Å². The van der Waals surface area contributed by atoms with Crippen molar-refractivity contribution >= 4 is 11.5 Å². The summed E-state index contributed by atoms with van der Waals surface area (Å²) in [6, 6.07) is 3.64. The summed E-state index contributed by atoms with van der Waals surface area (Å²) in [5, 5.41) is 3.39. The highest BCUT2D eigenvalue weighted by Crippen LogP contribution is 2.04. The molecule has 2 heterocycles. The molecule has 7 heteroatoms. The Kier molecular flexibility index (Phi) is 2.75. The third-order valence-corrected chi connectivity index (χ3v) is 2.45. The summed E-state index contributed by atoms with van der Waals surface area (Å²) in [5.74, 6) is 10.4. The Labute approximate surface area is 96.7 Å². The second-order valence-electron chi connectivity index (χ2n) is 3.48. The SMILES string of the molecule is Cc1cccn2c(=O)c(/C(=N/N)NN)cnc12. The number of nitrogens with two attached hydrogens (primary N) is 2. The van der Waals surface area contributed by atoms with Gasteiger partial charge in [0.1, 0.15) is 11.2 Å². The van der Waals surface area contributed by atoms with Crippen molar-refractivity contribution < 1.29 is 0 Å². The first-order valence-electron chi connectivity index (χ1n) is 4.91. The lowest BCUT2D eigenvalue weighted by Gasteiger charge is -2.06. The first kappa shape index (κ1) is 11.1. The largest absolute Gasteiger partial charge is 0.321 e. The number of aryl methyl sites for hydroxylation is 1. The number of hydrogen-bond acceptors (Lipinski definition) is 5. The first-order chi connectivity index (χ1) is 8.19. The van der Waals surface area contributed by atoms with Crippen LogP contribution in [0.4, 0.5) is 0 Å². The number of nitrogens with zero attached hydrogens (tertiary/aromatic N) is 3. The standard InChI is InChI=1S/C10H12N6O/c1-6-3-2-4-16-9(6)13-5-7(10(16)17)8(14-11)15-12/h2-5H,11-12H2,1H3,(H,14,15). The molecule has 2 rings (SSSR count). The lowest BCUT2D eigenvalue weighted by Crippen LogP contribution is -2.37. The molecular weight excluding hydrogens is 220 g/mol. The molecule has 0 atom stereocenters. The normalized spacial score (nSPS) is 11.8. The second-order valence-corrected chi connectivity index (χ2v) is 3.48. The van der Waals surface area contributed by atoms with E-state index in [9.17, 15) is 4.79 Å². The summed E-state index contributed by atoms with van der Waals surface area (Å²) in [4.78, 5) is 16.3. The van der Waals surface area contributed by atoms with Gasteiger partial charge in [0.25, 0.3) is 5.56 Å². The van der Waals surface area contributed by atoms with E-state index in [1.54, 1.807) is 12.3 Å². The summed E-state index contributed by atoms with van der Waals surface area (Å²) in [7, 11) is 0. The molecule has 0 aliphatic rings. The molecule has 2 aromatic rings. The van der Waals surface area contributed by atoms with Gasteiger partial charge < -0.3 is 11.3 Å². The molecule has 0 spiro atoms. The van der Waals surface area contributed by atoms with Crippen LogP contribution in [-0.2, 0) is 0 Å². The molecule has 0 unspecified atom stereocenters. The maximum Gasteiger partial charge on any atom is 0.268 e. The summed E-state index contributed by atoms with van der Waals surface area (Å²) in [5.41, 5.74) is 3.70. The van der Waals surface area contributed by atoms with Crippen LogP contribution in [-0.4, -0.2) is 15.2 Å². The molecule has 0 fully saturated rings. The fraction of sp³-hybridized carbons (Fsp3) is 0.100. The summed E-state index contributed by atoms with van der Waals surface area (Å²) >= 11 is 0. The highest BCUT2D eigenvalue weighted by Gasteiger charge is 2.10. The van der Waals surface area contributed by atoms with Crippen LogP contribution >= 0.6 is 0 Å². The van der Waals surface area contributed by atoms with Gasteiger partial charge in [0.15, 0.2) is 5.84 Å². The van der Waals surface area contributed by atoms with E-state index < -0.39 is 0 Å². The molecule has 17 heavy (non-hydrogen) atoms. The molecule has 0 saturated carbocycles. The predicted molar refractivity (Wildman–Crippen MR) is 64.2 cm³/mol. The van der Waals surface area contributed by atoms with Gasteiger partial charge in [-0.1, -0.05) is 6.07 Å². The molecule has 0 bridgehead atoms. The molecule has 0 aliphatic heterocycles. The van der Waals surface area contributed by atoms with Crippen LogP contribution in [0.25, 0.3) is 5.65 Å². The monoisotopic (exact) mass is 232 g/mol. The van der Waals surface area contributed by atoms with Crippen LogP contribution in [0.15, 0.2) is 34.4 Å².